The average molecular weight is 230 g/mol. The third-order valence-electron chi connectivity index (χ3n) is 4.41. The minimum absolute atomic E-state index is 0.397. The van der Waals surface area contributed by atoms with E-state index in [0.717, 1.165) is 6.54 Å². The lowest BCUT2D eigenvalue weighted by Gasteiger charge is -2.40. The maximum Gasteiger partial charge on any atom is 0.0250 e. The summed E-state index contributed by atoms with van der Waals surface area (Å²) in [4.78, 5) is 2.62. The van der Waals surface area contributed by atoms with Gasteiger partial charge < -0.3 is 5.73 Å². The van der Waals surface area contributed by atoms with Crippen LogP contribution in [0.3, 0.4) is 0 Å². The average Bonchev–Trinajstić information content (AvgIpc) is 2.39. The summed E-state index contributed by atoms with van der Waals surface area (Å²) >= 11 is 0. The van der Waals surface area contributed by atoms with E-state index in [1.54, 1.807) is 0 Å². The van der Waals surface area contributed by atoms with Crippen LogP contribution >= 0.6 is 0 Å². The first-order chi connectivity index (χ1) is 8.34. The molecule has 2 aliphatic rings. The lowest BCUT2D eigenvalue weighted by Crippen LogP contribution is -2.51. The van der Waals surface area contributed by atoms with Crippen LogP contribution in [0.2, 0.25) is 0 Å². The highest BCUT2D eigenvalue weighted by Crippen LogP contribution is 2.27. The van der Waals surface area contributed by atoms with Crippen molar-refractivity contribution < 1.29 is 0 Å². The second kappa shape index (κ2) is 4.79. The molecule has 1 aliphatic heterocycles. The molecular weight excluding hydrogens is 208 g/mol. The maximum absolute atomic E-state index is 6.29. The van der Waals surface area contributed by atoms with Gasteiger partial charge >= 0.3 is 0 Å². The number of hydrogen-bond acceptors (Lipinski definition) is 2. The fraction of sp³-hybridized carbons (Fsp3) is 0.600. The zero-order valence-corrected chi connectivity index (χ0v) is 10.4. The summed E-state index contributed by atoms with van der Waals surface area (Å²) < 4.78 is 0. The Morgan fingerprint density at radius 2 is 1.82 bits per heavy atom. The predicted molar refractivity (Wildman–Crippen MR) is 70.8 cm³/mol. The van der Waals surface area contributed by atoms with Crippen LogP contribution in [0.1, 0.15) is 36.8 Å². The Morgan fingerprint density at radius 3 is 2.65 bits per heavy atom. The molecule has 92 valence electrons. The van der Waals surface area contributed by atoms with Gasteiger partial charge in [0.2, 0.25) is 0 Å². The Kier molecular flexibility index (Phi) is 3.17. The smallest absolute Gasteiger partial charge is 0.0250 e. The van der Waals surface area contributed by atoms with E-state index in [9.17, 15) is 0 Å². The molecule has 1 fully saturated rings. The minimum Gasteiger partial charge on any atom is -0.326 e. The van der Waals surface area contributed by atoms with E-state index < -0.39 is 0 Å². The molecule has 1 aromatic carbocycles. The number of rotatable bonds is 1. The van der Waals surface area contributed by atoms with E-state index in [4.69, 9.17) is 5.73 Å². The van der Waals surface area contributed by atoms with Gasteiger partial charge in [0.15, 0.2) is 0 Å². The van der Waals surface area contributed by atoms with Crippen LogP contribution in [-0.2, 0) is 13.0 Å². The highest BCUT2D eigenvalue weighted by Gasteiger charge is 2.29. The lowest BCUT2D eigenvalue weighted by atomic mass is 9.88. The molecule has 3 rings (SSSR count). The monoisotopic (exact) mass is 230 g/mol. The van der Waals surface area contributed by atoms with Gasteiger partial charge in [0, 0.05) is 25.2 Å². The molecule has 1 saturated carbocycles. The van der Waals surface area contributed by atoms with Gasteiger partial charge in [-0.3, -0.25) is 4.90 Å². The van der Waals surface area contributed by atoms with Crippen LogP contribution in [0.4, 0.5) is 0 Å². The molecule has 0 aromatic heterocycles. The second-order valence-electron chi connectivity index (χ2n) is 5.50. The Labute approximate surface area is 104 Å². The summed E-state index contributed by atoms with van der Waals surface area (Å²) in [5.74, 6) is 0. The molecule has 2 unspecified atom stereocenters. The molecule has 0 spiro atoms. The fourth-order valence-corrected chi connectivity index (χ4v) is 3.39. The highest BCUT2D eigenvalue weighted by atomic mass is 15.2. The minimum atomic E-state index is 0.397. The Balaban J connectivity index is 1.75. The molecule has 1 aliphatic carbocycles. The quantitative estimate of drug-likeness (QED) is 0.802. The van der Waals surface area contributed by atoms with Crippen LogP contribution in [0.15, 0.2) is 24.3 Å². The molecule has 17 heavy (non-hydrogen) atoms. The molecular formula is C15H22N2. The van der Waals surface area contributed by atoms with E-state index in [1.807, 2.05) is 0 Å². The van der Waals surface area contributed by atoms with Crippen LogP contribution < -0.4 is 5.73 Å². The van der Waals surface area contributed by atoms with Gasteiger partial charge in [-0.25, -0.2) is 0 Å². The SMILES string of the molecule is NC1CCCCC1N1CCc2ccccc2C1. The van der Waals surface area contributed by atoms with Crippen molar-refractivity contribution in [3.8, 4) is 0 Å². The first kappa shape index (κ1) is 11.2. The number of benzene rings is 1. The van der Waals surface area contributed by atoms with Crippen LogP contribution in [-0.4, -0.2) is 23.5 Å². The first-order valence-corrected chi connectivity index (χ1v) is 6.91. The van der Waals surface area contributed by atoms with Gasteiger partial charge in [-0.15, -0.1) is 0 Å². The van der Waals surface area contributed by atoms with Crippen LogP contribution in [0, 0.1) is 0 Å². The Hall–Kier alpha value is -0.860. The van der Waals surface area contributed by atoms with Crippen molar-refractivity contribution in [1.82, 2.24) is 4.90 Å². The standard InChI is InChI=1S/C15H22N2/c16-14-7-3-4-8-15(14)17-10-9-12-5-1-2-6-13(12)11-17/h1-2,5-6,14-15H,3-4,7-11,16H2. The highest BCUT2D eigenvalue weighted by molar-refractivity contribution is 5.29. The number of nitrogens with two attached hydrogens (primary N) is 1. The number of fused-ring (bicyclic) bond motifs is 1. The molecule has 0 bridgehead atoms. The summed E-state index contributed by atoms with van der Waals surface area (Å²) in [5.41, 5.74) is 9.33. The van der Waals surface area contributed by atoms with Gasteiger partial charge in [-0.2, -0.15) is 0 Å². The topological polar surface area (TPSA) is 29.3 Å². The summed E-state index contributed by atoms with van der Waals surface area (Å²) in [6.45, 7) is 2.30. The van der Waals surface area contributed by atoms with Crippen LogP contribution in [0.25, 0.3) is 0 Å². The second-order valence-corrected chi connectivity index (χ2v) is 5.50. The summed E-state index contributed by atoms with van der Waals surface area (Å²) in [6, 6.07) is 9.87. The number of nitrogens with zero attached hydrogens (tertiary/aromatic N) is 1. The van der Waals surface area contributed by atoms with Gasteiger partial charge in [-0.1, -0.05) is 37.1 Å². The van der Waals surface area contributed by atoms with E-state index in [2.05, 4.69) is 29.2 Å². The van der Waals surface area contributed by atoms with Crippen LogP contribution in [0.5, 0.6) is 0 Å². The molecule has 1 heterocycles. The predicted octanol–water partition coefficient (Wildman–Crippen LogP) is 2.31. The van der Waals surface area contributed by atoms with Gasteiger partial charge in [0.05, 0.1) is 0 Å². The van der Waals surface area contributed by atoms with Crippen molar-refractivity contribution in [1.29, 1.82) is 0 Å². The number of hydrogen-bond donors (Lipinski definition) is 1. The van der Waals surface area contributed by atoms with Crippen molar-refractivity contribution in [2.45, 2.75) is 50.7 Å². The molecule has 2 N–H and O–H groups in total. The van der Waals surface area contributed by atoms with Crippen molar-refractivity contribution in [2.24, 2.45) is 5.73 Å². The largest absolute Gasteiger partial charge is 0.326 e. The van der Waals surface area contributed by atoms with Crippen molar-refractivity contribution in [2.75, 3.05) is 6.54 Å². The fourth-order valence-electron chi connectivity index (χ4n) is 3.39. The summed E-state index contributed by atoms with van der Waals surface area (Å²) in [5, 5.41) is 0. The lowest BCUT2D eigenvalue weighted by molar-refractivity contribution is 0.123. The van der Waals surface area contributed by atoms with Crippen molar-refractivity contribution in [3.63, 3.8) is 0 Å². The Morgan fingerprint density at radius 1 is 1.06 bits per heavy atom. The van der Waals surface area contributed by atoms with E-state index >= 15 is 0 Å². The maximum atomic E-state index is 6.29. The molecule has 2 heteroatoms. The third-order valence-corrected chi connectivity index (χ3v) is 4.41. The van der Waals surface area contributed by atoms with Gasteiger partial charge in [0.1, 0.15) is 0 Å². The van der Waals surface area contributed by atoms with Crippen molar-refractivity contribution in [3.05, 3.63) is 35.4 Å². The van der Waals surface area contributed by atoms with E-state index in [-0.39, 0.29) is 0 Å². The van der Waals surface area contributed by atoms with Gasteiger partial charge in [-0.05, 0) is 30.4 Å². The molecule has 0 amide bonds. The molecule has 2 atom stereocenters. The Bertz CT molecular complexity index is 388. The third kappa shape index (κ3) is 2.24. The zero-order chi connectivity index (χ0) is 11.7. The van der Waals surface area contributed by atoms with E-state index in [1.165, 1.54) is 49.8 Å². The summed E-state index contributed by atoms with van der Waals surface area (Å²) in [7, 11) is 0. The first-order valence-electron chi connectivity index (χ1n) is 6.91. The van der Waals surface area contributed by atoms with Crippen molar-refractivity contribution >= 4 is 0 Å². The molecule has 0 radical (unpaired) electrons. The molecule has 0 saturated heterocycles. The van der Waals surface area contributed by atoms with Gasteiger partial charge in [0.25, 0.3) is 0 Å². The zero-order valence-electron chi connectivity index (χ0n) is 10.4. The van der Waals surface area contributed by atoms with E-state index in [0.29, 0.717) is 12.1 Å². The normalized spacial score (nSPS) is 29.9. The molecule has 1 aromatic rings. The summed E-state index contributed by atoms with van der Waals surface area (Å²) in [6.07, 6.45) is 6.38. The molecule has 2 nitrogen and oxygen atoms in total.